The van der Waals surface area contributed by atoms with Gasteiger partial charge in [0, 0.05) is 14.4 Å². The zero-order valence-corrected chi connectivity index (χ0v) is 9.40. The molecule has 2 rings (SSSR count). The molecule has 0 saturated heterocycles. The maximum Gasteiger partial charge on any atom is 0.317 e. The third-order valence-corrected chi connectivity index (χ3v) is 1.88. The van der Waals surface area contributed by atoms with Crippen molar-refractivity contribution in [3.63, 3.8) is 0 Å². The SMILES string of the molecule is CC.NC(=O)Nc1cc2ccccc2cn1.[HH].[HH]. The van der Waals surface area contributed by atoms with Crippen LogP contribution in [0, 0.1) is 0 Å². The van der Waals surface area contributed by atoms with Crippen molar-refractivity contribution in [1.82, 2.24) is 4.98 Å². The first kappa shape index (κ1) is 12.0. The number of rotatable bonds is 1. The minimum atomic E-state index is -0.604. The van der Waals surface area contributed by atoms with Crippen molar-refractivity contribution >= 4 is 22.6 Å². The van der Waals surface area contributed by atoms with Gasteiger partial charge in [0.05, 0.1) is 0 Å². The second-order valence-electron chi connectivity index (χ2n) is 2.91. The first-order valence-corrected chi connectivity index (χ1v) is 5.17. The summed E-state index contributed by atoms with van der Waals surface area (Å²) >= 11 is 0. The number of hydrogen-bond donors (Lipinski definition) is 2. The average molecular weight is 221 g/mol. The van der Waals surface area contributed by atoms with Crippen LogP contribution >= 0.6 is 0 Å². The Morgan fingerprint density at radius 1 is 1.31 bits per heavy atom. The van der Waals surface area contributed by atoms with Gasteiger partial charge in [0.2, 0.25) is 0 Å². The van der Waals surface area contributed by atoms with Crippen molar-refractivity contribution in [2.75, 3.05) is 5.32 Å². The van der Waals surface area contributed by atoms with Crippen LogP contribution in [-0.4, -0.2) is 11.0 Å². The molecule has 2 aromatic rings. The number of urea groups is 1. The number of nitrogens with zero attached hydrogens (tertiary/aromatic N) is 1. The number of aromatic nitrogens is 1. The number of amides is 2. The molecule has 4 nitrogen and oxygen atoms in total. The molecule has 0 bridgehead atoms. The van der Waals surface area contributed by atoms with E-state index in [1.165, 1.54) is 0 Å². The zero-order chi connectivity index (χ0) is 12.0. The molecule has 0 saturated carbocycles. The first-order chi connectivity index (χ1) is 7.75. The fourth-order valence-corrected chi connectivity index (χ4v) is 1.28. The Morgan fingerprint density at radius 2 is 1.94 bits per heavy atom. The Morgan fingerprint density at radius 3 is 2.56 bits per heavy atom. The summed E-state index contributed by atoms with van der Waals surface area (Å²) < 4.78 is 0. The molecule has 1 aromatic carbocycles. The zero-order valence-electron chi connectivity index (χ0n) is 9.40. The lowest BCUT2D eigenvalue weighted by atomic mass is 10.2. The van der Waals surface area contributed by atoms with E-state index in [4.69, 9.17) is 5.73 Å². The third-order valence-electron chi connectivity index (χ3n) is 1.88. The molecule has 0 radical (unpaired) electrons. The van der Waals surface area contributed by atoms with E-state index in [1.807, 2.05) is 38.1 Å². The summed E-state index contributed by atoms with van der Waals surface area (Å²) in [6.07, 6.45) is 1.70. The quantitative estimate of drug-likeness (QED) is 0.776. The van der Waals surface area contributed by atoms with Crippen LogP contribution in [-0.2, 0) is 0 Å². The Kier molecular flexibility index (Phi) is 4.27. The van der Waals surface area contributed by atoms with Crippen molar-refractivity contribution in [2.24, 2.45) is 5.73 Å². The molecule has 0 atom stereocenters. The highest BCUT2D eigenvalue weighted by atomic mass is 16.2. The number of anilines is 1. The largest absolute Gasteiger partial charge is 0.351 e. The van der Waals surface area contributed by atoms with Gasteiger partial charge >= 0.3 is 6.03 Å². The van der Waals surface area contributed by atoms with E-state index in [9.17, 15) is 4.79 Å². The Bertz CT molecular complexity index is 491. The maximum atomic E-state index is 10.6. The predicted octanol–water partition coefficient (Wildman–Crippen LogP) is 3.24. The first-order valence-electron chi connectivity index (χ1n) is 5.17. The van der Waals surface area contributed by atoms with Crippen LogP contribution in [0.3, 0.4) is 0 Å². The van der Waals surface area contributed by atoms with Crippen LogP contribution in [0.15, 0.2) is 36.5 Å². The van der Waals surface area contributed by atoms with E-state index >= 15 is 0 Å². The fraction of sp³-hybridized carbons (Fsp3) is 0.167. The molecule has 0 aliphatic heterocycles. The summed E-state index contributed by atoms with van der Waals surface area (Å²) in [6.45, 7) is 4.00. The van der Waals surface area contributed by atoms with Crippen molar-refractivity contribution in [2.45, 2.75) is 13.8 Å². The molecule has 0 aliphatic carbocycles. The fourth-order valence-electron chi connectivity index (χ4n) is 1.28. The van der Waals surface area contributed by atoms with E-state index in [0.717, 1.165) is 10.8 Å². The highest BCUT2D eigenvalue weighted by Crippen LogP contribution is 2.15. The van der Waals surface area contributed by atoms with Crippen LogP contribution < -0.4 is 11.1 Å². The molecule has 16 heavy (non-hydrogen) atoms. The molecule has 0 aliphatic rings. The molecule has 0 fully saturated rings. The summed E-state index contributed by atoms with van der Waals surface area (Å²) in [5.41, 5.74) is 4.98. The lowest BCUT2D eigenvalue weighted by molar-refractivity contribution is 0.259. The number of fused-ring (bicyclic) bond motifs is 1. The van der Waals surface area contributed by atoms with Gasteiger partial charge in [-0.2, -0.15) is 0 Å². The third kappa shape index (κ3) is 2.95. The van der Waals surface area contributed by atoms with E-state index in [0.29, 0.717) is 5.82 Å². The van der Waals surface area contributed by atoms with Gasteiger partial charge in [0.25, 0.3) is 0 Å². The van der Waals surface area contributed by atoms with E-state index < -0.39 is 6.03 Å². The van der Waals surface area contributed by atoms with Crippen LogP contribution in [0.4, 0.5) is 10.6 Å². The smallest absolute Gasteiger partial charge is 0.317 e. The average Bonchev–Trinajstić information content (AvgIpc) is 2.31. The summed E-state index contributed by atoms with van der Waals surface area (Å²) in [4.78, 5) is 14.6. The van der Waals surface area contributed by atoms with E-state index in [-0.39, 0.29) is 2.85 Å². The number of carbonyl (C=O) groups excluding carboxylic acids is 1. The molecule has 1 heterocycles. The van der Waals surface area contributed by atoms with Gasteiger partial charge in [0.1, 0.15) is 5.82 Å². The summed E-state index contributed by atoms with van der Waals surface area (Å²) in [6, 6.07) is 8.94. The molecule has 0 spiro atoms. The second-order valence-corrected chi connectivity index (χ2v) is 2.91. The Labute approximate surface area is 97.5 Å². The second kappa shape index (κ2) is 5.70. The van der Waals surface area contributed by atoms with Gasteiger partial charge in [-0.15, -0.1) is 0 Å². The number of nitrogens with two attached hydrogens (primary N) is 1. The molecule has 88 valence electrons. The van der Waals surface area contributed by atoms with Crippen LogP contribution in [0.25, 0.3) is 10.8 Å². The van der Waals surface area contributed by atoms with Gasteiger partial charge in [-0.05, 0) is 11.5 Å². The monoisotopic (exact) mass is 221 g/mol. The van der Waals surface area contributed by atoms with Crippen molar-refractivity contribution in [1.29, 1.82) is 0 Å². The lowest BCUT2D eigenvalue weighted by Gasteiger charge is -2.01. The van der Waals surface area contributed by atoms with Gasteiger partial charge in [-0.1, -0.05) is 38.1 Å². The van der Waals surface area contributed by atoms with Gasteiger partial charge in [-0.25, -0.2) is 9.78 Å². The lowest BCUT2D eigenvalue weighted by Crippen LogP contribution is -2.19. The molecular formula is C12H19N3O. The number of primary amides is 1. The number of carbonyl (C=O) groups is 1. The van der Waals surface area contributed by atoms with Gasteiger partial charge in [-0.3, -0.25) is 5.32 Å². The molecule has 2 amide bonds. The predicted molar refractivity (Wildman–Crippen MR) is 70.5 cm³/mol. The van der Waals surface area contributed by atoms with Crippen molar-refractivity contribution in [3.05, 3.63) is 36.5 Å². The number of benzene rings is 1. The topological polar surface area (TPSA) is 68.0 Å². The molecule has 1 aromatic heterocycles. The Balaban J connectivity index is 0. The highest BCUT2D eigenvalue weighted by Gasteiger charge is 1.98. The highest BCUT2D eigenvalue weighted by molar-refractivity contribution is 5.90. The molecule has 3 N–H and O–H groups in total. The van der Waals surface area contributed by atoms with Gasteiger partial charge < -0.3 is 5.73 Å². The minimum absolute atomic E-state index is 0. The number of hydrogen-bond acceptors (Lipinski definition) is 2. The van der Waals surface area contributed by atoms with E-state index in [1.54, 1.807) is 12.3 Å². The molecular weight excluding hydrogens is 202 g/mol. The number of nitrogens with one attached hydrogen (secondary N) is 1. The van der Waals surface area contributed by atoms with Crippen molar-refractivity contribution in [3.8, 4) is 0 Å². The standard InChI is InChI=1S/C10H9N3O.C2H6.2H2/c11-10(14)13-9-5-7-3-1-2-4-8(7)6-12-9;1-2;;/h1-6H,(H3,11,12,13,14);1-2H3;2*1H. The summed E-state index contributed by atoms with van der Waals surface area (Å²) in [5, 5.41) is 4.47. The van der Waals surface area contributed by atoms with Crippen LogP contribution in [0.2, 0.25) is 0 Å². The summed E-state index contributed by atoms with van der Waals surface area (Å²) in [5.74, 6) is 0.469. The summed E-state index contributed by atoms with van der Waals surface area (Å²) in [7, 11) is 0. The van der Waals surface area contributed by atoms with Crippen LogP contribution in [0.5, 0.6) is 0 Å². The normalized spacial score (nSPS) is 9.12. The minimum Gasteiger partial charge on any atom is -0.351 e. The molecule has 0 unspecified atom stereocenters. The van der Waals surface area contributed by atoms with Crippen LogP contribution in [0.1, 0.15) is 16.7 Å². The Hall–Kier alpha value is -2.10. The van der Waals surface area contributed by atoms with E-state index in [2.05, 4.69) is 10.3 Å². The maximum absolute atomic E-state index is 10.6. The van der Waals surface area contributed by atoms with Gasteiger partial charge in [0.15, 0.2) is 0 Å². The van der Waals surface area contributed by atoms with Crippen molar-refractivity contribution < 1.29 is 7.65 Å². The number of pyridine rings is 1. The molecule has 4 heteroatoms.